The second-order valence-corrected chi connectivity index (χ2v) is 6.66. The van der Waals surface area contributed by atoms with Crippen molar-refractivity contribution in [3.63, 3.8) is 0 Å². The Kier molecular flexibility index (Phi) is 7.06. The van der Waals surface area contributed by atoms with Gasteiger partial charge >= 0.3 is 18.3 Å². The van der Waals surface area contributed by atoms with E-state index in [1.54, 1.807) is 0 Å². The third-order valence-electron chi connectivity index (χ3n) is 3.13. The molecule has 1 unspecified atom stereocenters. The van der Waals surface area contributed by atoms with Crippen molar-refractivity contribution in [2.24, 2.45) is 5.92 Å². The van der Waals surface area contributed by atoms with Crippen LogP contribution >= 0.6 is 0 Å². The molecule has 7 nitrogen and oxygen atoms in total. The predicted octanol–water partition coefficient (Wildman–Crippen LogP) is 0.516. The molecule has 1 atom stereocenters. The fraction of sp³-hybridized carbons (Fsp3) is 0.909. The largest absolute Gasteiger partial charge is 0.748 e. The maximum atomic E-state index is 12.5. The third kappa shape index (κ3) is 7.75. The van der Waals surface area contributed by atoms with Gasteiger partial charge in [-0.15, -0.1) is 0 Å². The normalized spacial score (nSPS) is 19.0. The second kappa shape index (κ2) is 8.05. The zero-order valence-electron chi connectivity index (χ0n) is 12.5. The molecular formula is C11H14F6NO6S-. The van der Waals surface area contributed by atoms with E-state index in [-0.39, 0.29) is 26.3 Å². The van der Waals surface area contributed by atoms with Gasteiger partial charge in [0.2, 0.25) is 5.92 Å². The molecular weight excluding hydrogens is 388 g/mol. The van der Waals surface area contributed by atoms with Crippen LogP contribution in [-0.4, -0.2) is 80.9 Å². The van der Waals surface area contributed by atoms with Gasteiger partial charge in [0.05, 0.1) is 29.1 Å². The maximum absolute atomic E-state index is 12.5. The van der Waals surface area contributed by atoms with Crippen LogP contribution in [0.15, 0.2) is 0 Å². The van der Waals surface area contributed by atoms with Gasteiger partial charge < -0.3 is 14.0 Å². The van der Waals surface area contributed by atoms with E-state index in [9.17, 15) is 44.1 Å². The number of rotatable bonds is 6. The molecule has 25 heavy (non-hydrogen) atoms. The van der Waals surface area contributed by atoms with E-state index in [1.807, 2.05) is 0 Å². The predicted molar refractivity (Wildman–Crippen MR) is 67.3 cm³/mol. The van der Waals surface area contributed by atoms with Gasteiger partial charge in [-0.3, -0.25) is 9.69 Å². The van der Waals surface area contributed by atoms with Crippen molar-refractivity contribution in [3.05, 3.63) is 0 Å². The van der Waals surface area contributed by atoms with Gasteiger partial charge in [-0.05, 0) is 0 Å². The number of hydrogen-bond acceptors (Lipinski definition) is 7. The van der Waals surface area contributed by atoms with Crippen molar-refractivity contribution < 1.29 is 53.6 Å². The fourth-order valence-electron chi connectivity index (χ4n) is 2.11. The lowest BCUT2D eigenvalue weighted by Gasteiger charge is -2.31. The molecule has 1 fully saturated rings. The Bertz CT molecular complexity index is 542. The molecule has 148 valence electrons. The van der Waals surface area contributed by atoms with E-state index in [0.29, 0.717) is 0 Å². The first-order valence-corrected chi connectivity index (χ1v) is 8.35. The summed E-state index contributed by atoms with van der Waals surface area (Å²) in [4.78, 5) is 12.8. The summed E-state index contributed by atoms with van der Waals surface area (Å²) in [7, 11) is -5.06. The summed E-state index contributed by atoms with van der Waals surface area (Å²) in [5.74, 6) is -8.58. The van der Waals surface area contributed by atoms with Crippen LogP contribution in [0.4, 0.5) is 26.3 Å². The van der Waals surface area contributed by atoms with Crippen LogP contribution in [0.3, 0.4) is 0 Å². The molecule has 0 saturated carbocycles. The zero-order chi connectivity index (χ0) is 19.5. The Morgan fingerprint density at radius 2 is 1.60 bits per heavy atom. The number of nitrogens with zero attached hydrogens (tertiary/aromatic N) is 1. The van der Waals surface area contributed by atoms with E-state index >= 15 is 0 Å². The molecule has 0 aliphatic carbocycles. The van der Waals surface area contributed by atoms with Gasteiger partial charge in [0.1, 0.15) is 6.10 Å². The number of esters is 1. The summed E-state index contributed by atoms with van der Waals surface area (Å²) in [6.07, 6.45) is -13.9. The maximum Gasteiger partial charge on any atom is 0.411 e. The van der Waals surface area contributed by atoms with Crippen molar-refractivity contribution in [1.82, 2.24) is 4.90 Å². The van der Waals surface area contributed by atoms with Gasteiger partial charge in [-0.1, -0.05) is 0 Å². The standard InChI is InChI=1S/C11H15F6NO6S/c12-10(13,14)8(11(15,16)17)9(19)24-7(6-25(20,21)22)5-18-1-3-23-4-2-18/h7-8H,1-6H2,(H,20,21,22)/p-1. The minimum atomic E-state index is -5.98. The smallest absolute Gasteiger partial charge is 0.411 e. The molecule has 1 saturated heterocycles. The average Bonchev–Trinajstić information content (AvgIpc) is 2.33. The number of ether oxygens (including phenoxy) is 2. The molecule has 0 bridgehead atoms. The summed E-state index contributed by atoms with van der Waals surface area (Å²) >= 11 is 0. The highest BCUT2D eigenvalue weighted by atomic mass is 32.2. The lowest BCUT2D eigenvalue weighted by atomic mass is 10.1. The zero-order valence-corrected chi connectivity index (χ0v) is 13.3. The van der Waals surface area contributed by atoms with Crippen LogP contribution in [0.2, 0.25) is 0 Å². The van der Waals surface area contributed by atoms with Gasteiger partial charge in [0.25, 0.3) is 0 Å². The Morgan fingerprint density at radius 3 is 2.00 bits per heavy atom. The number of carbonyl (C=O) groups is 1. The number of halogens is 6. The van der Waals surface area contributed by atoms with Crippen LogP contribution in [0.1, 0.15) is 0 Å². The molecule has 0 spiro atoms. The summed E-state index contributed by atoms with van der Waals surface area (Å²) in [5.41, 5.74) is 0. The first-order chi connectivity index (χ1) is 11.2. The van der Waals surface area contributed by atoms with E-state index in [2.05, 4.69) is 4.74 Å². The minimum Gasteiger partial charge on any atom is -0.748 e. The van der Waals surface area contributed by atoms with E-state index in [0.717, 1.165) is 0 Å². The highest BCUT2D eigenvalue weighted by Crippen LogP contribution is 2.40. The molecule has 1 aliphatic heterocycles. The summed E-state index contributed by atoms with van der Waals surface area (Å²) in [6, 6.07) is 0. The molecule has 1 aliphatic rings. The highest BCUT2D eigenvalue weighted by Gasteiger charge is 2.62. The van der Waals surface area contributed by atoms with E-state index in [1.165, 1.54) is 4.90 Å². The first-order valence-electron chi connectivity index (χ1n) is 6.78. The topological polar surface area (TPSA) is 96.0 Å². The molecule has 0 aromatic rings. The van der Waals surface area contributed by atoms with Gasteiger partial charge in [-0.2, -0.15) is 26.3 Å². The van der Waals surface area contributed by atoms with Crippen molar-refractivity contribution in [3.8, 4) is 0 Å². The Balaban J connectivity index is 2.92. The van der Waals surface area contributed by atoms with Crippen LogP contribution in [-0.2, 0) is 24.4 Å². The third-order valence-corrected chi connectivity index (χ3v) is 3.91. The lowest BCUT2D eigenvalue weighted by Crippen LogP contribution is -2.48. The Hall–Kier alpha value is -1.12. The number of morpholine rings is 1. The molecule has 0 amide bonds. The molecule has 0 N–H and O–H groups in total. The summed E-state index contributed by atoms with van der Waals surface area (Å²) in [5, 5.41) is 0. The average molecular weight is 402 g/mol. The van der Waals surface area contributed by atoms with Gasteiger partial charge in [-0.25, -0.2) is 8.42 Å². The Labute approximate surface area is 138 Å². The number of hydrogen-bond donors (Lipinski definition) is 0. The SMILES string of the molecule is O=C(OC(CN1CCOCC1)CS(=O)(=O)[O-])C(C(F)(F)F)C(F)(F)F. The lowest BCUT2D eigenvalue weighted by molar-refractivity contribution is -0.283. The number of carbonyl (C=O) groups excluding carboxylic acids is 1. The van der Waals surface area contributed by atoms with Gasteiger partial charge in [0.15, 0.2) is 0 Å². The highest BCUT2D eigenvalue weighted by molar-refractivity contribution is 7.85. The van der Waals surface area contributed by atoms with Crippen molar-refractivity contribution in [1.29, 1.82) is 0 Å². The van der Waals surface area contributed by atoms with Crippen molar-refractivity contribution >= 4 is 16.1 Å². The summed E-state index contributed by atoms with van der Waals surface area (Å²) in [6.45, 7) is 0.194. The van der Waals surface area contributed by atoms with E-state index < -0.39 is 52.8 Å². The quantitative estimate of drug-likeness (QED) is 0.363. The number of alkyl halides is 6. The van der Waals surface area contributed by atoms with E-state index in [4.69, 9.17) is 4.74 Å². The van der Waals surface area contributed by atoms with Crippen LogP contribution in [0.5, 0.6) is 0 Å². The molecule has 0 radical (unpaired) electrons. The second-order valence-electron chi connectivity index (χ2n) is 5.21. The first kappa shape index (κ1) is 21.9. The Morgan fingerprint density at radius 1 is 1.12 bits per heavy atom. The molecule has 1 heterocycles. The molecule has 14 heteroatoms. The van der Waals surface area contributed by atoms with Crippen molar-refractivity contribution in [2.45, 2.75) is 18.5 Å². The van der Waals surface area contributed by atoms with Gasteiger partial charge in [0, 0.05) is 19.6 Å². The molecule has 0 aromatic heterocycles. The fourth-order valence-corrected chi connectivity index (χ4v) is 2.74. The molecule has 1 rings (SSSR count). The van der Waals surface area contributed by atoms with Crippen LogP contribution in [0, 0.1) is 5.92 Å². The monoisotopic (exact) mass is 402 g/mol. The van der Waals surface area contributed by atoms with Crippen LogP contribution in [0.25, 0.3) is 0 Å². The molecule has 0 aromatic carbocycles. The van der Waals surface area contributed by atoms with Crippen LogP contribution < -0.4 is 0 Å². The summed E-state index contributed by atoms with van der Waals surface area (Å²) < 4.78 is 116. The van der Waals surface area contributed by atoms with Crippen molar-refractivity contribution in [2.75, 3.05) is 38.6 Å². The minimum absolute atomic E-state index is 0.176.